The molecular formula is C38H32ClN3O5S. The Bertz CT molecular complexity index is 1920. The highest BCUT2D eigenvalue weighted by molar-refractivity contribution is 8.00. The van der Waals surface area contributed by atoms with Crippen molar-refractivity contribution in [2.75, 3.05) is 24.9 Å². The van der Waals surface area contributed by atoms with E-state index in [0.717, 1.165) is 10.5 Å². The molecule has 1 atom stereocenters. The Balaban J connectivity index is 1.38. The van der Waals surface area contributed by atoms with Gasteiger partial charge in [-0.05, 0) is 71.8 Å². The van der Waals surface area contributed by atoms with Gasteiger partial charge in [-0.15, -0.1) is 11.8 Å². The third kappa shape index (κ3) is 9.06. The largest absolute Gasteiger partial charge is 0.497 e. The van der Waals surface area contributed by atoms with Crippen LogP contribution in [0.2, 0.25) is 5.02 Å². The summed E-state index contributed by atoms with van der Waals surface area (Å²) in [7, 11) is 3.08. The van der Waals surface area contributed by atoms with Gasteiger partial charge in [0.2, 0.25) is 5.91 Å². The van der Waals surface area contributed by atoms with E-state index in [1.165, 1.54) is 18.9 Å². The molecule has 3 amide bonds. The van der Waals surface area contributed by atoms with Crippen LogP contribution < -0.4 is 25.4 Å². The van der Waals surface area contributed by atoms with Crippen molar-refractivity contribution in [3.63, 3.8) is 0 Å². The van der Waals surface area contributed by atoms with Gasteiger partial charge < -0.3 is 25.4 Å². The lowest BCUT2D eigenvalue weighted by atomic mass is 10.1. The molecule has 0 saturated carbocycles. The Labute approximate surface area is 288 Å². The third-order valence-electron chi connectivity index (χ3n) is 7.06. The molecule has 8 nitrogen and oxygen atoms in total. The van der Waals surface area contributed by atoms with E-state index in [2.05, 4.69) is 16.0 Å². The number of hydrogen-bond donors (Lipinski definition) is 3. The van der Waals surface area contributed by atoms with Crippen LogP contribution in [0.5, 0.6) is 11.5 Å². The SMILES string of the molecule is COc1ccc(OC)c(NC(=O)C(Sc2cccc(NC(=O)/C(=C/c3ccc(Cl)cc3)NC(=O)c3ccccc3)c2)c2ccccc2)c1. The second kappa shape index (κ2) is 16.4. The molecule has 0 aromatic heterocycles. The minimum atomic E-state index is -0.654. The zero-order valence-corrected chi connectivity index (χ0v) is 27.7. The summed E-state index contributed by atoms with van der Waals surface area (Å²) in [4.78, 5) is 41.2. The van der Waals surface area contributed by atoms with E-state index in [9.17, 15) is 14.4 Å². The molecule has 0 heterocycles. The van der Waals surface area contributed by atoms with Crippen molar-refractivity contribution in [1.29, 1.82) is 0 Å². The van der Waals surface area contributed by atoms with Gasteiger partial charge in [0.1, 0.15) is 22.4 Å². The normalized spacial score (nSPS) is 11.6. The Morgan fingerprint density at radius 3 is 2.15 bits per heavy atom. The van der Waals surface area contributed by atoms with E-state index >= 15 is 0 Å². The van der Waals surface area contributed by atoms with Gasteiger partial charge in [-0.2, -0.15) is 0 Å². The number of carbonyl (C=O) groups is 3. The standard InChI is InChI=1S/C38H32ClN3O5S/c1-46-30-20-21-34(47-2)32(24-30)41-38(45)35(26-10-5-3-6-11-26)48-31-15-9-14-29(23-31)40-37(44)33(22-25-16-18-28(39)19-17-25)42-36(43)27-12-7-4-8-13-27/h3-24,35H,1-2H3,(H,40,44)(H,41,45)(H,42,43)/b33-22-. The molecule has 0 bridgehead atoms. The quantitative estimate of drug-likeness (QED) is 0.0908. The van der Waals surface area contributed by atoms with Crippen LogP contribution in [0.3, 0.4) is 0 Å². The first kappa shape index (κ1) is 33.8. The van der Waals surface area contributed by atoms with Crippen molar-refractivity contribution in [1.82, 2.24) is 5.32 Å². The maximum atomic E-state index is 13.8. The van der Waals surface area contributed by atoms with Crippen molar-refractivity contribution in [2.45, 2.75) is 10.1 Å². The van der Waals surface area contributed by atoms with Gasteiger partial charge in [-0.1, -0.05) is 78.3 Å². The molecule has 5 aromatic carbocycles. The van der Waals surface area contributed by atoms with Crippen molar-refractivity contribution >= 4 is 58.5 Å². The maximum absolute atomic E-state index is 13.8. The zero-order valence-electron chi connectivity index (χ0n) is 26.1. The van der Waals surface area contributed by atoms with Gasteiger partial charge in [-0.3, -0.25) is 14.4 Å². The number of halogens is 1. The molecule has 1 unspecified atom stereocenters. The Morgan fingerprint density at radius 1 is 0.750 bits per heavy atom. The highest BCUT2D eigenvalue weighted by Gasteiger charge is 2.24. The number of carbonyl (C=O) groups excluding carboxylic acids is 3. The lowest BCUT2D eigenvalue weighted by Gasteiger charge is -2.19. The minimum Gasteiger partial charge on any atom is -0.497 e. The molecule has 5 rings (SSSR count). The fraction of sp³-hybridized carbons (Fsp3) is 0.0789. The minimum absolute atomic E-state index is 0.0398. The predicted molar refractivity (Wildman–Crippen MR) is 192 cm³/mol. The number of ether oxygens (including phenoxy) is 2. The highest BCUT2D eigenvalue weighted by Crippen LogP contribution is 2.38. The van der Waals surface area contributed by atoms with Crippen molar-refractivity contribution in [3.05, 3.63) is 155 Å². The van der Waals surface area contributed by atoms with Crippen molar-refractivity contribution in [3.8, 4) is 11.5 Å². The van der Waals surface area contributed by atoms with Crippen LogP contribution in [-0.2, 0) is 9.59 Å². The summed E-state index contributed by atoms with van der Waals surface area (Å²) in [6.07, 6.45) is 1.58. The number of amides is 3. The van der Waals surface area contributed by atoms with Crippen LogP contribution in [0.1, 0.15) is 26.7 Å². The van der Waals surface area contributed by atoms with Gasteiger partial charge >= 0.3 is 0 Å². The van der Waals surface area contributed by atoms with Gasteiger partial charge in [-0.25, -0.2) is 0 Å². The van der Waals surface area contributed by atoms with E-state index in [1.807, 2.05) is 36.4 Å². The molecule has 3 N–H and O–H groups in total. The molecule has 0 aliphatic carbocycles. The summed E-state index contributed by atoms with van der Waals surface area (Å²) in [5.41, 5.74) is 2.85. The first-order valence-electron chi connectivity index (χ1n) is 14.8. The smallest absolute Gasteiger partial charge is 0.272 e. The summed E-state index contributed by atoms with van der Waals surface area (Å²) in [5, 5.41) is 8.51. The molecule has 0 spiro atoms. The van der Waals surface area contributed by atoms with Crippen LogP contribution in [0.15, 0.2) is 138 Å². The average molecular weight is 678 g/mol. The molecule has 242 valence electrons. The fourth-order valence-electron chi connectivity index (χ4n) is 4.66. The van der Waals surface area contributed by atoms with E-state index in [1.54, 1.807) is 104 Å². The zero-order chi connectivity index (χ0) is 33.9. The lowest BCUT2D eigenvalue weighted by molar-refractivity contribution is -0.116. The number of benzene rings is 5. The summed E-state index contributed by atoms with van der Waals surface area (Å²) in [5.74, 6) is -0.169. The van der Waals surface area contributed by atoms with Crippen LogP contribution in [0.4, 0.5) is 11.4 Å². The lowest BCUT2D eigenvalue weighted by Crippen LogP contribution is -2.30. The van der Waals surface area contributed by atoms with Crippen molar-refractivity contribution in [2.24, 2.45) is 0 Å². The van der Waals surface area contributed by atoms with Gasteiger partial charge in [0.05, 0.1) is 19.9 Å². The summed E-state index contributed by atoms with van der Waals surface area (Å²) in [6.45, 7) is 0. The van der Waals surface area contributed by atoms with Crippen LogP contribution in [-0.4, -0.2) is 31.9 Å². The predicted octanol–water partition coefficient (Wildman–Crippen LogP) is 8.24. The summed E-state index contributed by atoms with van der Waals surface area (Å²) < 4.78 is 10.8. The molecule has 0 aliphatic rings. The van der Waals surface area contributed by atoms with Crippen molar-refractivity contribution < 1.29 is 23.9 Å². The first-order chi connectivity index (χ1) is 23.3. The average Bonchev–Trinajstić information content (AvgIpc) is 3.12. The van der Waals surface area contributed by atoms with E-state index in [-0.39, 0.29) is 11.6 Å². The van der Waals surface area contributed by atoms with E-state index in [0.29, 0.717) is 39.0 Å². The molecular weight excluding hydrogens is 646 g/mol. The molecule has 0 saturated heterocycles. The maximum Gasteiger partial charge on any atom is 0.272 e. The van der Waals surface area contributed by atoms with Gasteiger partial charge in [0, 0.05) is 27.2 Å². The number of methoxy groups -OCH3 is 2. The Kier molecular flexibility index (Phi) is 11.5. The molecule has 0 radical (unpaired) electrons. The summed E-state index contributed by atoms with van der Waals surface area (Å²) in [6, 6.07) is 37.3. The molecule has 0 aliphatic heterocycles. The van der Waals surface area contributed by atoms with Crippen LogP contribution in [0, 0.1) is 0 Å². The van der Waals surface area contributed by atoms with Crippen LogP contribution >= 0.6 is 23.4 Å². The Hall–Kier alpha value is -5.51. The second-order valence-electron chi connectivity index (χ2n) is 10.4. The van der Waals surface area contributed by atoms with Gasteiger partial charge in [0.15, 0.2) is 0 Å². The topological polar surface area (TPSA) is 106 Å². The first-order valence-corrected chi connectivity index (χ1v) is 16.1. The van der Waals surface area contributed by atoms with Gasteiger partial charge in [0.25, 0.3) is 11.8 Å². The number of nitrogens with one attached hydrogen (secondary N) is 3. The second-order valence-corrected chi connectivity index (χ2v) is 12.0. The molecule has 5 aromatic rings. The monoisotopic (exact) mass is 677 g/mol. The Morgan fingerprint density at radius 2 is 1.46 bits per heavy atom. The fourth-order valence-corrected chi connectivity index (χ4v) is 5.87. The number of hydrogen-bond acceptors (Lipinski definition) is 6. The van der Waals surface area contributed by atoms with E-state index in [4.69, 9.17) is 21.1 Å². The molecule has 10 heteroatoms. The molecule has 48 heavy (non-hydrogen) atoms. The number of anilines is 2. The molecule has 0 fully saturated rings. The van der Waals surface area contributed by atoms with E-state index < -0.39 is 17.1 Å². The highest BCUT2D eigenvalue weighted by atomic mass is 35.5. The number of thioether (sulfide) groups is 1. The third-order valence-corrected chi connectivity index (χ3v) is 8.56. The number of rotatable bonds is 12. The van der Waals surface area contributed by atoms with Crippen LogP contribution in [0.25, 0.3) is 6.08 Å². The summed E-state index contributed by atoms with van der Waals surface area (Å²) >= 11 is 7.37.